The Morgan fingerprint density at radius 1 is 1.31 bits per heavy atom. The number of fused-ring (bicyclic) bond motifs is 1. The number of benzene rings is 1. The van der Waals surface area contributed by atoms with Gasteiger partial charge in [0.15, 0.2) is 0 Å². The molecule has 84 valence electrons. The molecule has 1 aromatic carbocycles. The average Bonchev–Trinajstić information content (AvgIpc) is 2.73. The van der Waals surface area contributed by atoms with Gasteiger partial charge in [-0.05, 0) is 28.5 Å². The normalized spacial score (nSPS) is 21.4. The first kappa shape index (κ1) is 10.5. The van der Waals surface area contributed by atoms with E-state index in [-0.39, 0.29) is 0 Å². The van der Waals surface area contributed by atoms with Crippen LogP contribution in [0.25, 0.3) is 10.1 Å². The van der Waals surface area contributed by atoms with Gasteiger partial charge in [0.1, 0.15) is 0 Å². The minimum absolute atomic E-state index is 0.434. The van der Waals surface area contributed by atoms with E-state index in [1.54, 1.807) is 11.3 Å². The lowest BCUT2D eigenvalue weighted by atomic mass is 10.0. The second-order valence-corrected chi connectivity index (χ2v) is 5.39. The highest BCUT2D eigenvalue weighted by molar-refractivity contribution is 7.17. The van der Waals surface area contributed by atoms with Gasteiger partial charge in [-0.2, -0.15) is 0 Å². The molecule has 1 fully saturated rings. The summed E-state index contributed by atoms with van der Waals surface area (Å²) in [5, 5.41) is 11.3. The van der Waals surface area contributed by atoms with Crippen LogP contribution in [0.1, 0.15) is 11.6 Å². The molecule has 1 atom stereocenters. The van der Waals surface area contributed by atoms with Gasteiger partial charge >= 0.3 is 0 Å². The molecular weight excluding hydrogens is 240 g/mol. The van der Waals surface area contributed by atoms with E-state index in [1.807, 2.05) is 12.1 Å². The third kappa shape index (κ3) is 1.84. The van der Waals surface area contributed by atoms with E-state index >= 15 is 0 Å². The Morgan fingerprint density at radius 2 is 2.25 bits per heavy atom. The maximum absolute atomic E-state index is 5.99. The second-order valence-electron chi connectivity index (χ2n) is 4.04. The van der Waals surface area contributed by atoms with Crippen molar-refractivity contribution in [3.63, 3.8) is 0 Å². The molecule has 0 amide bonds. The van der Waals surface area contributed by atoms with Gasteiger partial charge in [-0.15, -0.1) is 11.3 Å². The van der Waals surface area contributed by atoms with Crippen molar-refractivity contribution in [3.05, 3.63) is 34.2 Å². The predicted octanol–water partition coefficient (Wildman–Crippen LogP) is 2.79. The maximum atomic E-state index is 5.99. The molecular formula is C12H13ClN2S. The lowest BCUT2D eigenvalue weighted by molar-refractivity contribution is 0.433. The van der Waals surface area contributed by atoms with Gasteiger partial charge in [-0.25, -0.2) is 0 Å². The van der Waals surface area contributed by atoms with Gasteiger partial charge in [0.05, 0.1) is 0 Å². The molecule has 2 N–H and O–H groups in total. The SMILES string of the molecule is Clc1ccc2c(C3CNCCN3)csc2c1. The zero-order valence-electron chi connectivity index (χ0n) is 8.79. The Hall–Kier alpha value is -0.610. The molecule has 0 spiro atoms. The fraction of sp³-hybridized carbons (Fsp3) is 0.333. The highest BCUT2D eigenvalue weighted by Crippen LogP contribution is 2.32. The Kier molecular flexibility index (Phi) is 2.86. The van der Waals surface area contributed by atoms with Gasteiger partial charge in [-0.3, -0.25) is 0 Å². The van der Waals surface area contributed by atoms with Crippen molar-refractivity contribution in [3.8, 4) is 0 Å². The summed E-state index contributed by atoms with van der Waals surface area (Å²) in [6.45, 7) is 3.11. The molecule has 3 rings (SSSR count). The average molecular weight is 253 g/mol. The summed E-state index contributed by atoms with van der Waals surface area (Å²) in [6, 6.07) is 6.57. The van der Waals surface area contributed by atoms with Gasteiger partial charge in [0.2, 0.25) is 0 Å². The molecule has 1 aliphatic rings. The number of hydrogen-bond donors (Lipinski definition) is 2. The van der Waals surface area contributed by atoms with E-state index in [1.165, 1.54) is 15.6 Å². The molecule has 0 aliphatic carbocycles. The molecule has 16 heavy (non-hydrogen) atoms. The first-order valence-corrected chi connectivity index (χ1v) is 6.71. The molecule has 4 heteroatoms. The van der Waals surface area contributed by atoms with Crippen LogP contribution in [0.3, 0.4) is 0 Å². The molecule has 2 aromatic rings. The highest BCUT2D eigenvalue weighted by atomic mass is 35.5. The molecule has 2 heterocycles. The van der Waals surface area contributed by atoms with Crippen LogP contribution in [0, 0.1) is 0 Å². The van der Waals surface area contributed by atoms with Crippen LogP contribution in [0.4, 0.5) is 0 Å². The van der Waals surface area contributed by atoms with Gasteiger partial charge in [-0.1, -0.05) is 17.7 Å². The number of nitrogens with one attached hydrogen (secondary N) is 2. The summed E-state index contributed by atoms with van der Waals surface area (Å²) < 4.78 is 1.27. The van der Waals surface area contributed by atoms with Crippen LogP contribution in [-0.4, -0.2) is 19.6 Å². The van der Waals surface area contributed by atoms with E-state index in [0.717, 1.165) is 24.7 Å². The topological polar surface area (TPSA) is 24.1 Å². The van der Waals surface area contributed by atoms with Gasteiger partial charge in [0, 0.05) is 35.4 Å². The Balaban J connectivity index is 2.03. The summed E-state index contributed by atoms with van der Waals surface area (Å²) in [5.74, 6) is 0. The minimum Gasteiger partial charge on any atom is -0.314 e. The van der Waals surface area contributed by atoms with Crippen LogP contribution in [0.2, 0.25) is 5.02 Å². The maximum Gasteiger partial charge on any atom is 0.0461 e. The van der Waals surface area contributed by atoms with Crippen molar-refractivity contribution in [2.45, 2.75) is 6.04 Å². The van der Waals surface area contributed by atoms with Crippen LogP contribution < -0.4 is 10.6 Å². The predicted molar refractivity (Wildman–Crippen MR) is 70.4 cm³/mol. The Morgan fingerprint density at radius 3 is 3.06 bits per heavy atom. The molecule has 1 saturated heterocycles. The van der Waals surface area contributed by atoms with E-state index in [2.05, 4.69) is 22.1 Å². The van der Waals surface area contributed by atoms with Crippen molar-refractivity contribution in [2.24, 2.45) is 0 Å². The number of hydrogen-bond acceptors (Lipinski definition) is 3. The van der Waals surface area contributed by atoms with E-state index < -0.39 is 0 Å². The fourth-order valence-corrected chi connectivity index (χ4v) is 3.46. The molecule has 1 aromatic heterocycles. The van der Waals surface area contributed by atoms with E-state index in [0.29, 0.717) is 6.04 Å². The number of rotatable bonds is 1. The lowest BCUT2D eigenvalue weighted by Crippen LogP contribution is -2.42. The standard InChI is InChI=1S/C12H13ClN2S/c13-8-1-2-9-10(7-16-12(9)5-8)11-6-14-3-4-15-11/h1-2,5,7,11,14-15H,3-4,6H2. The highest BCUT2D eigenvalue weighted by Gasteiger charge is 2.17. The monoisotopic (exact) mass is 252 g/mol. The summed E-state index contributed by atoms with van der Waals surface area (Å²) in [6.07, 6.45) is 0. The molecule has 0 bridgehead atoms. The van der Waals surface area contributed by atoms with Crippen molar-refractivity contribution in [1.82, 2.24) is 10.6 Å². The summed E-state index contributed by atoms with van der Waals surface area (Å²) in [4.78, 5) is 0. The lowest BCUT2D eigenvalue weighted by Gasteiger charge is -2.24. The largest absolute Gasteiger partial charge is 0.314 e. The summed E-state index contributed by atoms with van der Waals surface area (Å²) in [5.41, 5.74) is 1.39. The van der Waals surface area contributed by atoms with Crippen molar-refractivity contribution < 1.29 is 0 Å². The first-order valence-electron chi connectivity index (χ1n) is 5.45. The van der Waals surface area contributed by atoms with E-state index in [4.69, 9.17) is 11.6 Å². The van der Waals surface area contributed by atoms with Crippen molar-refractivity contribution in [1.29, 1.82) is 0 Å². The molecule has 0 radical (unpaired) electrons. The van der Waals surface area contributed by atoms with Crippen LogP contribution in [0.5, 0.6) is 0 Å². The smallest absolute Gasteiger partial charge is 0.0461 e. The molecule has 2 nitrogen and oxygen atoms in total. The second kappa shape index (κ2) is 4.34. The van der Waals surface area contributed by atoms with E-state index in [9.17, 15) is 0 Å². The van der Waals surface area contributed by atoms with Gasteiger partial charge in [0.25, 0.3) is 0 Å². The Bertz CT molecular complexity index is 503. The first-order chi connectivity index (χ1) is 7.84. The summed E-state index contributed by atoms with van der Waals surface area (Å²) >= 11 is 7.76. The third-order valence-corrected chi connectivity index (χ3v) is 4.18. The van der Waals surface area contributed by atoms with Crippen molar-refractivity contribution >= 4 is 33.0 Å². The molecule has 1 unspecified atom stereocenters. The minimum atomic E-state index is 0.434. The summed E-state index contributed by atoms with van der Waals surface area (Å²) in [7, 11) is 0. The number of piperazine rings is 1. The molecule has 1 aliphatic heterocycles. The number of thiophene rings is 1. The quantitative estimate of drug-likeness (QED) is 0.816. The molecule has 0 saturated carbocycles. The van der Waals surface area contributed by atoms with Crippen LogP contribution in [0.15, 0.2) is 23.6 Å². The van der Waals surface area contributed by atoms with Crippen LogP contribution >= 0.6 is 22.9 Å². The zero-order valence-corrected chi connectivity index (χ0v) is 10.4. The van der Waals surface area contributed by atoms with Crippen LogP contribution in [-0.2, 0) is 0 Å². The van der Waals surface area contributed by atoms with Gasteiger partial charge < -0.3 is 10.6 Å². The fourth-order valence-electron chi connectivity index (χ4n) is 2.17. The third-order valence-electron chi connectivity index (χ3n) is 2.98. The Labute approximate surface area is 104 Å². The number of halogens is 1. The van der Waals surface area contributed by atoms with Crippen molar-refractivity contribution in [2.75, 3.05) is 19.6 Å². The zero-order chi connectivity index (χ0) is 11.0.